The van der Waals surface area contributed by atoms with Gasteiger partial charge in [-0.3, -0.25) is 4.21 Å². The van der Waals surface area contributed by atoms with Crippen molar-refractivity contribution in [1.29, 1.82) is 0 Å². The summed E-state index contributed by atoms with van der Waals surface area (Å²) in [5.41, 5.74) is 0. The van der Waals surface area contributed by atoms with Crippen LogP contribution in [0.25, 0.3) is 0 Å². The van der Waals surface area contributed by atoms with Gasteiger partial charge in [0.25, 0.3) is 0 Å². The lowest BCUT2D eigenvalue weighted by atomic mass is 9.99. The van der Waals surface area contributed by atoms with E-state index in [4.69, 9.17) is 0 Å². The maximum atomic E-state index is 11.8. The average Bonchev–Trinajstić information content (AvgIpc) is 2.44. The van der Waals surface area contributed by atoms with E-state index in [1.165, 1.54) is 25.9 Å². The molecule has 1 saturated heterocycles. The van der Waals surface area contributed by atoms with Crippen molar-refractivity contribution in [3.8, 4) is 0 Å². The molecule has 1 heterocycles. The third-order valence-electron chi connectivity index (χ3n) is 4.07. The van der Waals surface area contributed by atoms with Crippen LogP contribution < -0.4 is 10.6 Å². The van der Waals surface area contributed by atoms with Crippen molar-refractivity contribution in [3.05, 3.63) is 0 Å². The van der Waals surface area contributed by atoms with Crippen LogP contribution >= 0.6 is 0 Å². The highest BCUT2D eigenvalue weighted by Crippen LogP contribution is 2.15. The first kappa shape index (κ1) is 19.4. The van der Waals surface area contributed by atoms with E-state index in [0.717, 1.165) is 18.9 Å². The van der Waals surface area contributed by atoms with Crippen molar-refractivity contribution in [2.75, 3.05) is 38.5 Å². The van der Waals surface area contributed by atoms with Crippen molar-refractivity contribution in [3.63, 3.8) is 0 Å². The third kappa shape index (κ3) is 8.13. The van der Waals surface area contributed by atoms with Gasteiger partial charge in [-0.1, -0.05) is 6.92 Å². The lowest BCUT2D eigenvalue weighted by Gasteiger charge is -2.30. The molecule has 1 fully saturated rings. The van der Waals surface area contributed by atoms with Gasteiger partial charge in [-0.25, -0.2) is 4.79 Å². The number of likely N-dealkylation sites (tertiary alicyclic amines) is 1. The SMILES string of the molecule is CC1CCN(CCCNC(=O)NCC[S@](=O)C(C)(C)C)CC1. The number of carbonyl (C=O) groups excluding carboxylic acids is 1. The molecule has 0 bridgehead atoms. The van der Waals surface area contributed by atoms with Crippen LogP contribution in [0, 0.1) is 5.92 Å². The zero-order valence-corrected chi connectivity index (χ0v) is 15.4. The molecule has 0 aromatic heterocycles. The third-order valence-corrected chi connectivity index (χ3v) is 6.01. The Labute approximate surface area is 138 Å². The zero-order valence-electron chi connectivity index (χ0n) is 14.6. The number of nitrogens with zero attached hydrogens (tertiary/aromatic N) is 1. The summed E-state index contributed by atoms with van der Waals surface area (Å²) in [5.74, 6) is 1.36. The molecular formula is C16H33N3O2S. The van der Waals surface area contributed by atoms with E-state index in [9.17, 15) is 9.00 Å². The number of piperidine rings is 1. The minimum absolute atomic E-state index is 0.154. The molecule has 1 aliphatic heterocycles. The van der Waals surface area contributed by atoms with Crippen LogP contribution in [-0.4, -0.2) is 58.4 Å². The smallest absolute Gasteiger partial charge is 0.314 e. The second-order valence-corrected chi connectivity index (χ2v) is 9.55. The average molecular weight is 332 g/mol. The van der Waals surface area contributed by atoms with E-state index in [-0.39, 0.29) is 10.8 Å². The van der Waals surface area contributed by atoms with Crippen LogP contribution in [0.5, 0.6) is 0 Å². The summed E-state index contributed by atoms with van der Waals surface area (Å²) < 4.78 is 11.6. The maximum Gasteiger partial charge on any atom is 0.314 e. The van der Waals surface area contributed by atoms with Crippen LogP contribution in [0.4, 0.5) is 4.79 Å². The van der Waals surface area contributed by atoms with E-state index in [1.54, 1.807) is 0 Å². The van der Waals surface area contributed by atoms with Gasteiger partial charge in [0.15, 0.2) is 0 Å². The minimum atomic E-state index is -0.917. The fourth-order valence-corrected chi connectivity index (χ4v) is 3.32. The lowest BCUT2D eigenvalue weighted by Crippen LogP contribution is -2.40. The molecule has 2 N–H and O–H groups in total. The van der Waals surface area contributed by atoms with E-state index < -0.39 is 10.8 Å². The van der Waals surface area contributed by atoms with Gasteiger partial charge < -0.3 is 15.5 Å². The molecule has 2 amide bonds. The van der Waals surface area contributed by atoms with Crippen molar-refractivity contribution >= 4 is 16.8 Å². The van der Waals surface area contributed by atoms with Crippen LogP contribution in [0.2, 0.25) is 0 Å². The van der Waals surface area contributed by atoms with Gasteiger partial charge >= 0.3 is 6.03 Å². The Kier molecular flexibility index (Phi) is 8.39. The van der Waals surface area contributed by atoms with E-state index in [1.807, 2.05) is 20.8 Å². The summed E-state index contributed by atoms with van der Waals surface area (Å²) >= 11 is 0. The summed E-state index contributed by atoms with van der Waals surface area (Å²) in [7, 11) is -0.917. The molecule has 0 radical (unpaired) electrons. The normalized spacial score (nSPS) is 18.9. The van der Waals surface area contributed by atoms with Gasteiger partial charge in [0.05, 0.1) is 0 Å². The van der Waals surface area contributed by atoms with Gasteiger partial charge in [-0.15, -0.1) is 0 Å². The molecule has 1 atom stereocenters. The molecule has 6 heteroatoms. The summed E-state index contributed by atoms with van der Waals surface area (Å²) in [6.07, 6.45) is 3.56. The van der Waals surface area contributed by atoms with Crippen LogP contribution in [-0.2, 0) is 10.8 Å². The molecule has 0 aromatic rings. The predicted octanol–water partition coefficient (Wildman–Crippen LogP) is 1.95. The second-order valence-electron chi connectivity index (χ2n) is 7.22. The number of amides is 2. The number of carbonyl (C=O) groups is 1. The topological polar surface area (TPSA) is 61.4 Å². The quantitative estimate of drug-likeness (QED) is 0.701. The number of hydrogen-bond donors (Lipinski definition) is 2. The molecule has 0 aliphatic carbocycles. The molecule has 0 saturated carbocycles. The second kappa shape index (κ2) is 9.50. The number of hydrogen-bond acceptors (Lipinski definition) is 3. The van der Waals surface area contributed by atoms with Crippen molar-refractivity contribution < 1.29 is 9.00 Å². The van der Waals surface area contributed by atoms with Gasteiger partial charge in [0.2, 0.25) is 0 Å². The van der Waals surface area contributed by atoms with Crippen LogP contribution in [0.3, 0.4) is 0 Å². The highest BCUT2D eigenvalue weighted by Gasteiger charge is 2.19. The molecule has 0 aromatic carbocycles. The molecule has 1 aliphatic rings. The fourth-order valence-electron chi connectivity index (χ4n) is 2.42. The van der Waals surface area contributed by atoms with E-state index >= 15 is 0 Å². The molecule has 22 heavy (non-hydrogen) atoms. The molecule has 0 unspecified atom stereocenters. The predicted molar refractivity (Wildman–Crippen MR) is 93.6 cm³/mol. The largest absolute Gasteiger partial charge is 0.338 e. The fraction of sp³-hybridized carbons (Fsp3) is 0.938. The first-order chi connectivity index (χ1) is 10.3. The Hall–Kier alpha value is -0.620. The molecule has 130 valence electrons. The first-order valence-corrected chi connectivity index (χ1v) is 9.73. The highest BCUT2D eigenvalue weighted by molar-refractivity contribution is 7.86. The van der Waals surface area contributed by atoms with Gasteiger partial charge in [0.1, 0.15) is 0 Å². The Bertz CT molecular complexity index is 361. The Balaban J connectivity index is 2.01. The monoisotopic (exact) mass is 331 g/mol. The van der Waals surface area contributed by atoms with Gasteiger partial charge in [-0.05, 0) is 65.6 Å². The summed E-state index contributed by atoms with van der Waals surface area (Å²) in [6, 6.07) is -0.154. The Morgan fingerprint density at radius 2 is 1.77 bits per heavy atom. The summed E-state index contributed by atoms with van der Waals surface area (Å²) in [5, 5.41) is 5.64. The van der Waals surface area contributed by atoms with Crippen LogP contribution in [0.15, 0.2) is 0 Å². The summed E-state index contributed by atoms with van der Waals surface area (Å²) in [6.45, 7) is 12.7. The van der Waals surface area contributed by atoms with Crippen molar-refractivity contribution in [2.45, 2.75) is 51.7 Å². The van der Waals surface area contributed by atoms with Gasteiger partial charge in [-0.2, -0.15) is 0 Å². The molecule has 0 spiro atoms. The van der Waals surface area contributed by atoms with Crippen LogP contribution in [0.1, 0.15) is 47.0 Å². The van der Waals surface area contributed by atoms with Gasteiger partial charge in [0, 0.05) is 34.4 Å². The minimum Gasteiger partial charge on any atom is -0.338 e. The summed E-state index contributed by atoms with van der Waals surface area (Å²) in [4.78, 5) is 14.1. The van der Waals surface area contributed by atoms with E-state index in [0.29, 0.717) is 18.8 Å². The standard InChI is InChI=1S/C16H33N3O2S/c1-14-6-11-19(12-7-14)10-5-8-17-15(20)18-9-13-22(21)16(2,3)4/h14H,5-13H2,1-4H3,(H2,17,18,20)/t22-/m0/s1. The number of nitrogens with one attached hydrogen (secondary N) is 2. The Morgan fingerprint density at radius 1 is 1.18 bits per heavy atom. The number of urea groups is 1. The Morgan fingerprint density at radius 3 is 2.36 bits per heavy atom. The molecule has 5 nitrogen and oxygen atoms in total. The van der Waals surface area contributed by atoms with E-state index in [2.05, 4.69) is 22.5 Å². The molecule has 1 rings (SSSR count). The first-order valence-electron chi connectivity index (χ1n) is 8.41. The lowest BCUT2D eigenvalue weighted by molar-refractivity contribution is 0.190. The van der Waals surface area contributed by atoms with Crippen molar-refractivity contribution in [1.82, 2.24) is 15.5 Å². The molecular weight excluding hydrogens is 298 g/mol. The van der Waals surface area contributed by atoms with Crippen molar-refractivity contribution in [2.24, 2.45) is 5.92 Å². The number of rotatable bonds is 7. The zero-order chi connectivity index (χ0) is 16.6. The maximum absolute atomic E-state index is 11.8. The highest BCUT2D eigenvalue weighted by atomic mass is 32.2.